The summed E-state index contributed by atoms with van der Waals surface area (Å²) >= 11 is 1.03. The number of hydrogen-bond donors (Lipinski definition) is 1. The summed E-state index contributed by atoms with van der Waals surface area (Å²) in [6.07, 6.45) is 0. The van der Waals surface area contributed by atoms with E-state index in [1.165, 1.54) is 37.4 Å². The van der Waals surface area contributed by atoms with Crippen molar-refractivity contribution in [1.29, 1.82) is 0 Å². The number of benzene rings is 2. The fraction of sp³-hybridized carbons (Fsp3) is 0.200. The van der Waals surface area contributed by atoms with Crippen LogP contribution < -0.4 is 9.46 Å². The number of halogens is 1. The zero-order valence-corrected chi connectivity index (χ0v) is 18.7. The van der Waals surface area contributed by atoms with Crippen LogP contribution in [-0.4, -0.2) is 30.5 Å². The van der Waals surface area contributed by atoms with E-state index in [-0.39, 0.29) is 20.4 Å². The zero-order chi connectivity index (χ0) is 21.9. The van der Waals surface area contributed by atoms with E-state index in [1.807, 2.05) is 0 Å². The molecular weight excluding hydrogens is 449 g/mol. The molecule has 3 rings (SSSR count). The lowest BCUT2D eigenvalue weighted by Gasteiger charge is -2.19. The van der Waals surface area contributed by atoms with E-state index >= 15 is 0 Å². The molecular formula is C20H20FNO5S3. The van der Waals surface area contributed by atoms with Crippen LogP contribution in [0.25, 0.3) is 0 Å². The standard InChI is InChI=1S/C20H20FNO5S3/c1-14-5-10-17(27-2)18(12-14)30(25,26)22-13-19(15-6-8-16(21)9-7-15)29(23,24)20-4-3-11-28-20/h3-12,19,22H,13H2,1-2H3/t19-/m1/s1. The Kier molecular flexibility index (Phi) is 6.61. The fourth-order valence-electron chi connectivity index (χ4n) is 2.91. The Labute approximate surface area is 179 Å². The molecule has 0 amide bonds. The molecule has 0 radical (unpaired) electrons. The summed E-state index contributed by atoms with van der Waals surface area (Å²) in [5, 5.41) is 0.387. The van der Waals surface area contributed by atoms with Crippen LogP contribution in [0.2, 0.25) is 0 Å². The molecule has 10 heteroatoms. The molecule has 0 fully saturated rings. The van der Waals surface area contributed by atoms with Crippen LogP contribution in [-0.2, 0) is 19.9 Å². The van der Waals surface area contributed by atoms with Crippen molar-refractivity contribution in [3.63, 3.8) is 0 Å². The van der Waals surface area contributed by atoms with Crippen LogP contribution in [0.3, 0.4) is 0 Å². The van der Waals surface area contributed by atoms with Crippen molar-refractivity contribution < 1.29 is 26.0 Å². The van der Waals surface area contributed by atoms with Gasteiger partial charge in [-0.15, -0.1) is 11.3 Å². The molecule has 0 saturated heterocycles. The van der Waals surface area contributed by atoms with Crippen molar-refractivity contribution in [2.45, 2.75) is 21.3 Å². The highest BCUT2D eigenvalue weighted by Crippen LogP contribution is 2.32. The first-order valence-corrected chi connectivity index (χ1v) is 12.7. The summed E-state index contributed by atoms with van der Waals surface area (Å²) in [4.78, 5) is -0.0867. The third kappa shape index (κ3) is 4.72. The first-order valence-electron chi connectivity index (χ1n) is 8.82. The Morgan fingerprint density at radius 1 is 1.07 bits per heavy atom. The van der Waals surface area contributed by atoms with Gasteiger partial charge in [0.1, 0.15) is 25.9 Å². The smallest absolute Gasteiger partial charge is 0.244 e. The van der Waals surface area contributed by atoms with Crippen LogP contribution >= 0.6 is 11.3 Å². The summed E-state index contributed by atoms with van der Waals surface area (Å²) in [6, 6.07) is 12.7. The van der Waals surface area contributed by atoms with Gasteiger partial charge in [0.15, 0.2) is 9.84 Å². The highest BCUT2D eigenvalue weighted by molar-refractivity contribution is 7.93. The zero-order valence-electron chi connectivity index (χ0n) is 16.2. The Hall–Kier alpha value is -2.27. The predicted molar refractivity (Wildman–Crippen MR) is 114 cm³/mol. The minimum absolute atomic E-state index is 0.0867. The molecule has 0 unspecified atom stereocenters. The van der Waals surface area contributed by atoms with Crippen LogP contribution in [0, 0.1) is 12.7 Å². The van der Waals surface area contributed by atoms with Gasteiger partial charge in [0, 0.05) is 6.54 Å². The molecule has 1 aromatic heterocycles. The Bertz CT molecular complexity index is 1220. The Balaban J connectivity index is 1.98. The molecule has 1 N–H and O–H groups in total. The Morgan fingerprint density at radius 3 is 2.37 bits per heavy atom. The quantitative estimate of drug-likeness (QED) is 0.543. The average molecular weight is 470 g/mol. The Morgan fingerprint density at radius 2 is 1.77 bits per heavy atom. The highest BCUT2D eigenvalue weighted by atomic mass is 32.2. The number of sulfone groups is 1. The molecule has 160 valence electrons. The molecule has 1 heterocycles. The first-order chi connectivity index (χ1) is 14.1. The summed E-state index contributed by atoms with van der Waals surface area (Å²) in [5.74, 6) is -0.372. The lowest BCUT2D eigenvalue weighted by atomic mass is 10.1. The highest BCUT2D eigenvalue weighted by Gasteiger charge is 2.32. The van der Waals surface area contributed by atoms with Crippen molar-refractivity contribution in [3.8, 4) is 5.75 Å². The van der Waals surface area contributed by atoms with E-state index in [0.717, 1.165) is 23.5 Å². The maximum Gasteiger partial charge on any atom is 0.244 e. The topological polar surface area (TPSA) is 89.5 Å². The van der Waals surface area contributed by atoms with Gasteiger partial charge in [-0.05, 0) is 53.8 Å². The van der Waals surface area contributed by atoms with Gasteiger partial charge in [0.2, 0.25) is 10.0 Å². The van der Waals surface area contributed by atoms with Gasteiger partial charge < -0.3 is 4.74 Å². The number of nitrogens with one attached hydrogen (secondary N) is 1. The molecule has 6 nitrogen and oxygen atoms in total. The van der Waals surface area contributed by atoms with Crippen LogP contribution in [0.1, 0.15) is 16.4 Å². The van der Waals surface area contributed by atoms with Gasteiger partial charge in [0.05, 0.1) is 7.11 Å². The van der Waals surface area contributed by atoms with Crippen LogP contribution in [0.15, 0.2) is 69.1 Å². The van der Waals surface area contributed by atoms with Crippen molar-refractivity contribution in [2.75, 3.05) is 13.7 Å². The van der Waals surface area contributed by atoms with E-state index in [2.05, 4.69) is 4.72 Å². The van der Waals surface area contributed by atoms with Gasteiger partial charge in [-0.2, -0.15) is 0 Å². The molecule has 0 bridgehead atoms. The monoisotopic (exact) mass is 469 g/mol. The summed E-state index contributed by atoms with van der Waals surface area (Å²) in [7, 11) is -6.64. The summed E-state index contributed by atoms with van der Waals surface area (Å²) < 4.78 is 73.2. The van der Waals surface area contributed by atoms with Gasteiger partial charge >= 0.3 is 0 Å². The molecule has 0 saturated carbocycles. The van der Waals surface area contributed by atoms with Crippen LogP contribution in [0.5, 0.6) is 5.75 Å². The second kappa shape index (κ2) is 8.84. The molecule has 2 aromatic carbocycles. The SMILES string of the molecule is COc1ccc(C)cc1S(=O)(=O)NC[C@H](c1ccc(F)cc1)S(=O)(=O)c1cccs1. The third-order valence-electron chi connectivity index (χ3n) is 4.46. The second-order valence-corrected chi connectivity index (χ2v) is 11.6. The lowest BCUT2D eigenvalue weighted by Crippen LogP contribution is -2.32. The minimum Gasteiger partial charge on any atom is -0.495 e. The maximum atomic E-state index is 13.4. The summed E-state index contributed by atoms with van der Waals surface area (Å²) in [6.45, 7) is 1.31. The number of sulfonamides is 1. The van der Waals surface area contributed by atoms with Crippen molar-refractivity contribution in [1.82, 2.24) is 4.72 Å². The number of ether oxygens (including phenoxy) is 1. The number of rotatable bonds is 8. The molecule has 1 atom stereocenters. The van der Waals surface area contributed by atoms with Gasteiger partial charge in [-0.3, -0.25) is 0 Å². The second-order valence-electron chi connectivity index (χ2n) is 6.52. The van der Waals surface area contributed by atoms with Gasteiger partial charge in [0.25, 0.3) is 0 Å². The van der Waals surface area contributed by atoms with Crippen molar-refractivity contribution >= 4 is 31.2 Å². The largest absolute Gasteiger partial charge is 0.495 e. The fourth-order valence-corrected chi connectivity index (χ4v) is 7.18. The van der Waals surface area contributed by atoms with Crippen molar-refractivity contribution in [3.05, 3.63) is 76.9 Å². The molecule has 3 aromatic rings. The molecule has 0 aliphatic rings. The van der Waals surface area contributed by atoms with E-state index in [4.69, 9.17) is 4.74 Å². The lowest BCUT2D eigenvalue weighted by molar-refractivity contribution is 0.402. The van der Waals surface area contributed by atoms with Gasteiger partial charge in [-0.25, -0.2) is 25.9 Å². The molecule has 0 aliphatic heterocycles. The van der Waals surface area contributed by atoms with Gasteiger partial charge in [-0.1, -0.05) is 24.3 Å². The van der Waals surface area contributed by atoms with E-state index < -0.39 is 37.5 Å². The number of hydrogen-bond acceptors (Lipinski definition) is 6. The maximum absolute atomic E-state index is 13.4. The molecule has 0 aliphatic carbocycles. The van der Waals surface area contributed by atoms with E-state index in [0.29, 0.717) is 5.56 Å². The molecule has 30 heavy (non-hydrogen) atoms. The van der Waals surface area contributed by atoms with Crippen LogP contribution in [0.4, 0.5) is 4.39 Å². The number of methoxy groups -OCH3 is 1. The number of thiophene rings is 1. The average Bonchev–Trinajstić information content (AvgIpc) is 3.25. The predicted octanol–water partition coefficient (Wildman–Crippen LogP) is 3.70. The third-order valence-corrected chi connectivity index (χ3v) is 9.44. The van der Waals surface area contributed by atoms with E-state index in [9.17, 15) is 21.2 Å². The number of aryl methyl sites for hydroxylation is 1. The minimum atomic E-state index is -4.08. The van der Waals surface area contributed by atoms with Crippen molar-refractivity contribution in [2.24, 2.45) is 0 Å². The summed E-state index contributed by atoms with van der Waals surface area (Å²) in [5.41, 5.74) is 0.987. The van der Waals surface area contributed by atoms with E-state index in [1.54, 1.807) is 24.4 Å². The normalized spacial score (nSPS) is 13.2. The molecule has 0 spiro atoms. The first kappa shape index (κ1) is 22.4.